The van der Waals surface area contributed by atoms with Crippen LogP contribution in [0.15, 0.2) is 54.9 Å². The Labute approximate surface area is 149 Å². The number of rotatable bonds is 0. The highest BCUT2D eigenvalue weighted by Crippen LogP contribution is 2.25. The van der Waals surface area contributed by atoms with Gasteiger partial charge in [-0.2, -0.15) is 0 Å². The van der Waals surface area contributed by atoms with Crippen molar-refractivity contribution in [2.75, 3.05) is 18.9 Å². The molecule has 1 heterocycles. The summed E-state index contributed by atoms with van der Waals surface area (Å²) >= 11 is 0. The smallest absolute Gasteiger partial charge is 0.298 e. The molecule has 5 nitrogen and oxygen atoms in total. The lowest BCUT2D eigenvalue weighted by molar-refractivity contribution is -0.0404. The largest absolute Gasteiger partial charge is 0.487 e. The van der Waals surface area contributed by atoms with Gasteiger partial charge in [0.25, 0.3) is 5.92 Å². The zero-order chi connectivity index (χ0) is 18.7. The summed E-state index contributed by atoms with van der Waals surface area (Å²) < 4.78 is 38.5. The van der Waals surface area contributed by atoms with Gasteiger partial charge >= 0.3 is 0 Å². The van der Waals surface area contributed by atoms with Crippen molar-refractivity contribution in [3.05, 3.63) is 71.6 Å². The maximum absolute atomic E-state index is 14.0. The summed E-state index contributed by atoms with van der Waals surface area (Å²) in [5.74, 6) is -2.86. The summed E-state index contributed by atoms with van der Waals surface area (Å²) in [5, 5.41) is 10.9. The summed E-state index contributed by atoms with van der Waals surface area (Å²) in [6, 6.07) is 11.7. The lowest BCUT2D eigenvalue weighted by Gasteiger charge is -2.19. The molecule has 0 saturated carbocycles. The Balaban J connectivity index is 2.00. The number of ether oxygens (including phenoxy) is 2. The lowest BCUT2D eigenvalue weighted by Crippen LogP contribution is -2.37. The Hall–Kier alpha value is -3.09. The Bertz CT molecular complexity index is 852. The van der Waals surface area contributed by atoms with Gasteiger partial charge in [0.15, 0.2) is 12.5 Å². The third-order valence-electron chi connectivity index (χ3n) is 3.92. The molecule has 1 aliphatic rings. The van der Waals surface area contributed by atoms with Gasteiger partial charge in [0.1, 0.15) is 12.4 Å². The Morgan fingerprint density at radius 1 is 1.15 bits per heavy atom. The van der Waals surface area contributed by atoms with Crippen LogP contribution in [0, 0.1) is 5.41 Å². The maximum atomic E-state index is 14.0. The van der Waals surface area contributed by atoms with E-state index in [4.69, 9.17) is 20.6 Å². The molecule has 0 unspecified atom stereocenters. The van der Waals surface area contributed by atoms with E-state index in [-0.39, 0.29) is 24.0 Å². The minimum Gasteiger partial charge on any atom is -0.487 e. The second kappa shape index (κ2) is 7.03. The van der Waals surface area contributed by atoms with Gasteiger partial charge in [-0.1, -0.05) is 18.2 Å². The van der Waals surface area contributed by atoms with Gasteiger partial charge in [-0.05, 0) is 36.4 Å². The number of alkyl halides is 2. The summed E-state index contributed by atoms with van der Waals surface area (Å²) in [6.07, 6.45) is 0. The Morgan fingerprint density at radius 2 is 1.96 bits per heavy atom. The SMILES string of the molecule is C=C1NCC(F)(F)COc2ccc(N)c(c2)C(=N)c2cccc(c2)CO1. The van der Waals surface area contributed by atoms with Gasteiger partial charge in [0.2, 0.25) is 0 Å². The standard InChI is InChI=1S/C19H19F2N3O2/c1-12-24-10-19(20,21)11-26-15-5-6-17(22)16(8-15)18(23)14-4-2-3-13(7-14)9-25-12/h2-8,23-24H,1,9-11,22H2. The van der Waals surface area contributed by atoms with Crippen LogP contribution in [0.5, 0.6) is 5.75 Å². The minimum absolute atomic E-state index is 0.0461. The van der Waals surface area contributed by atoms with Crippen LogP contribution < -0.4 is 15.8 Å². The predicted octanol–water partition coefficient (Wildman–Crippen LogP) is 3.29. The zero-order valence-corrected chi connectivity index (χ0v) is 14.0. The van der Waals surface area contributed by atoms with E-state index in [2.05, 4.69) is 11.9 Å². The first kappa shape index (κ1) is 17.7. The van der Waals surface area contributed by atoms with E-state index >= 15 is 0 Å². The van der Waals surface area contributed by atoms with Crippen LogP contribution in [-0.2, 0) is 11.3 Å². The number of fused-ring (bicyclic) bond motifs is 4. The molecule has 0 radical (unpaired) electrons. The third kappa shape index (κ3) is 4.11. The molecule has 3 rings (SSSR count). The quantitative estimate of drug-likeness (QED) is 0.631. The molecule has 0 atom stereocenters. The maximum Gasteiger partial charge on any atom is 0.298 e. The molecule has 0 aromatic heterocycles. The Morgan fingerprint density at radius 3 is 2.77 bits per heavy atom. The second-order valence-corrected chi connectivity index (χ2v) is 6.03. The van der Waals surface area contributed by atoms with Gasteiger partial charge in [-0.25, -0.2) is 8.78 Å². The van der Waals surface area contributed by atoms with E-state index in [1.54, 1.807) is 24.3 Å². The van der Waals surface area contributed by atoms with Crippen molar-refractivity contribution in [2.45, 2.75) is 12.5 Å². The molecule has 1 aliphatic heterocycles. The van der Waals surface area contributed by atoms with E-state index in [1.165, 1.54) is 12.1 Å². The highest BCUT2D eigenvalue weighted by molar-refractivity contribution is 6.14. The highest BCUT2D eigenvalue weighted by Gasteiger charge is 2.30. The number of nitrogen functional groups attached to an aromatic ring is 1. The normalized spacial score (nSPS) is 17.2. The fourth-order valence-corrected chi connectivity index (χ4v) is 2.50. The summed E-state index contributed by atoms with van der Waals surface area (Å²) in [7, 11) is 0. The van der Waals surface area contributed by atoms with Crippen molar-refractivity contribution in [1.29, 1.82) is 5.41 Å². The molecule has 4 bridgehead atoms. The number of halogens is 2. The minimum atomic E-state index is -3.13. The molecular weight excluding hydrogens is 340 g/mol. The predicted molar refractivity (Wildman–Crippen MR) is 95.6 cm³/mol. The van der Waals surface area contributed by atoms with E-state index < -0.39 is 19.1 Å². The van der Waals surface area contributed by atoms with E-state index in [0.29, 0.717) is 16.8 Å². The van der Waals surface area contributed by atoms with Crippen molar-refractivity contribution in [2.24, 2.45) is 0 Å². The van der Waals surface area contributed by atoms with E-state index in [9.17, 15) is 8.78 Å². The highest BCUT2D eigenvalue weighted by atomic mass is 19.3. The summed E-state index contributed by atoms with van der Waals surface area (Å²) in [4.78, 5) is 0. The molecular formula is C19H19F2N3O2. The van der Waals surface area contributed by atoms with Crippen LogP contribution in [0.1, 0.15) is 16.7 Å². The monoisotopic (exact) mass is 359 g/mol. The molecule has 26 heavy (non-hydrogen) atoms. The van der Waals surface area contributed by atoms with Crippen molar-refractivity contribution in [1.82, 2.24) is 5.32 Å². The van der Waals surface area contributed by atoms with E-state index in [1.807, 2.05) is 6.07 Å². The van der Waals surface area contributed by atoms with Crippen molar-refractivity contribution >= 4 is 11.4 Å². The second-order valence-electron chi connectivity index (χ2n) is 6.03. The first-order valence-corrected chi connectivity index (χ1v) is 7.98. The molecule has 4 N–H and O–H groups in total. The van der Waals surface area contributed by atoms with Crippen molar-refractivity contribution in [3.63, 3.8) is 0 Å². The average Bonchev–Trinajstić information content (AvgIpc) is 2.63. The molecule has 0 spiro atoms. The Kier molecular flexibility index (Phi) is 4.79. The van der Waals surface area contributed by atoms with Crippen LogP contribution in [0.25, 0.3) is 0 Å². The molecule has 0 fully saturated rings. The molecule has 136 valence electrons. The van der Waals surface area contributed by atoms with Crippen LogP contribution in [-0.4, -0.2) is 24.8 Å². The summed E-state index contributed by atoms with van der Waals surface area (Å²) in [6.45, 7) is 2.25. The van der Waals surface area contributed by atoms with Crippen LogP contribution in [0.2, 0.25) is 0 Å². The van der Waals surface area contributed by atoms with Gasteiger partial charge in [0.05, 0.1) is 12.3 Å². The molecule has 0 aliphatic carbocycles. The number of hydrogen-bond donors (Lipinski definition) is 3. The zero-order valence-electron chi connectivity index (χ0n) is 14.0. The first-order chi connectivity index (χ1) is 12.3. The van der Waals surface area contributed by atoms with Crippen molar-refractivity contribution in [3.8, 4) is 5.75 Å². The van der Waals surface area contributed by atoms with Gasteiger partial charge < -0.3 is 20.5 Å². The molecule has 0 amide bonds. The van der Waals surface area contributed by atoms with Crippen molar-refractivity contribution < 1.29 is 18.3 Å². The molecule has 2 aromatic carbocycles. The molecule has 7 heteroatoms. The lowest BCUT2D eigenvalue weighted by atomic mass is 9.99. The van der Waals surface area contributed by atoms with Gasteiger partial charge in [-0.15, -0.1) is 0 Å². The number of nitrogens with one attached hydrogen (secondary N) is 2. The number of hydrogen-bond acceptors (Lipinski definition) is 5. The van der Waals surface area contributed by atoms with Gasteiger partial charge in [0, 0.05) is 16.8 Å². The number of benzene rings is 2. The average molecular weight is 359 g/mol. The topological polar surface area (TPSA) is 80.4 Å². The number of anilines is 1. The first-order valence-electron chi connectivity index (χ1n) is 7.98. The molecule has 2 aromatic rings. The van der Waals surface area contributed by atoms with Gasteiger partial charge in [-0.3, -0.25) is 5.41 Å². The third-order valence-corrected chi connectivity index (χ3v) is 3.92. The fourth-order valence-electron chi connectivity index (χ4n) is 2.50. The van der Waals surface area contributed by atoms with Crippen LogP contribution in [0.4, 0.5) is 14.5 Å². The van der Waals surface area contributed by atoms with Crippen LogP contribution >= 0.6 is 0 Å². The summed E-state index contributed by atoms with van der Waals surface area (Å²) in [5.41, 5.74) is 8.35. The molecule has 0 saturated heterocycles. The van der Waals surface area contributed by atoms with Crippen LogP contribution in [0.3, 0.4) is 0 Å². The fraction of sp³-hybridized carbons (Fsp3) is 0.211. The number of nitrogens with two attached hydrogens (primary N) is 1. The van der Waals surface area contributed by atoms with E-state index in [0.717, 1.165) is 5.56 Å².